The molecule has 1 N–H and O–H groups in total. The molecule has 0 spiro atoms. The molecule has 0 aliphatic carbocycles. The van der Waals surface area contributed by atoms with Crippen LogP contribution in [-0.2, 0) is 4.79 Å². The molecule has 1 aromatic heterocycles. The van der Waals surface area contributed by atoms with Gasteiger partial charge in [0.05, 0.1) is 5.69 Å². The molecule has 4 heterocycles. The Morgan fingerprint density at radius 3 is 2.62 bits per heavy atom. The number of fused-ring (bicyclic) bond motifs is 3. The Morgan fingerprint density at radius 2 is 1.91 bits per heavy atom. The van der Waals surface area contributed by atoms with Crippen LogP contribution in [0.15, 0.2) is 40.8 Å². The minimum Gasteiger partial charge on any atom is -0.368 e. The molecular formula is C24H29FN6O2S. The van der Waals surface area contributed by atoms with E-state index in [4.69, 9.17) is 0 Å². The van der Waals surface area contributed by atoms with Crippen molar-refractivity contribution < 1.29 is 14.0 Å². The fourth-order valence-electron chi connectivity index (χ4n) is 4.75. The fraction of sp³-hybridized carbons (Fsp3) is 0.458. The van der Waals surface area contributed by atoms with Crippen molar-refractivity contribution in [2.75, 3.05) is 42.5 Å². The minimum absolute atomic E-state index is 0.0269. The number of rotatable bonds is 6. The van der Waals surface area contributed by atoms with Crippen LogP contribution in [0, 0.1) is 11.7 Å². The van der Waals surface area contributed by atoms with E-state index in [0.717, 1.165) is 35.2 Å². The van der Waals surface area contributed by atoms with Gasteiger partial charge in [-0.25, -0.2) is 4.39 Å². The van der Waals surface area contributed by atoms with Crippen LogP contribution in [0.1, 0.15) is 36.4 Å². The average Bonchev–Trinajstić information content (AvgIpc) is 3.48. The van der Waals surface area contributed by atoms with Gasteiger partial charge < -0.3 is 9.80 Å². The van der Waals surface area contributed by atoms with Crippen LogP contribution in [0.5, 0.6) is 0 Å². The molecule has 180 valence electrons. The van der Waals surface area contributed by atoms with Gasteiger partial charge in [-0.3, -0.25) is 24.8 Å². The number of benzene rings is 1. The normalized spacial score (nSPS) is 19.8. The van der Waals surface area contributed by atoms with Crippen molar-refractivity contribution in [1.29, 1.82) is 0 Å². The number of hydrogen-bond acceptors (Lipinski definition) is 7. The van der Waals surface area contributed by atoms with E-state index in [0.29, 0.717) is 38.4 Å². The van der Waals surface area contributed by atoms with E-state index in [9.17, 15) is 14.0 Å². The molecule has 3 aliphatic rings. The van der Waals surface area contributed by atoms with Crippen molar-refractivity contribution in [3.05, 3.63) is 46.4 Å². The van der Waals surface area contributed by atoms with E-state index in [2.05, 4.69) is 34.2 Å². The summed E-state index contributed by atoms with van der Waals surface area (Å²) in [6.07, 6.45) is 0.513. The van der Waals surface area contributed by atoms with Gasteiger partial charge in [0.15, 0.2) is 0 Å². The number of nitrogens with zero attached hydrogens (tertiary/aromatic N) is 5. The molecule has 1 atom stereocenters. The summed E-state index contributed by atoms with van der Waals surface area (Å²) < 4.78 is 13.2. The summed E-state index contributed by atoms with van der Waals surface area (Å²) in [6.45, 7) is 7.53. The van der Waals surface area contributed by atoms with Crippen LogP contribution in [0.4, 0.5) is 15.8 Å². The first kappa shape index (κ1) is 22.6. The Bertz CT molecular complexity index is 1090. The molecule has 1 unspecified atom stereocenters. The second kappa shape index (κ2) is 9.25. The number of hydrazone groups is 1. The zero-order valence-electron chi connectivity index (χ0n) is 19.4. The van der Waals surface area contributed by atoms with Crippen molar-refractivity contribution in [2.24, 2.45) is 11.0 Å². The molecule has 3 aliphatic heterocycles. The predicted molar refractivity (Wildman–Crippen MR) is 131 cm³/mol. The lowest BCUT2D eigenvalue weighted by Crippen LogP contribution is -2.59. The Hall–Kier alpha value is -3.14. The summed E-state index contributed by atoms with van der Waals surface area (Å²) in [7, 11) is 0. The number of carbonyl (C=O) groups is 2. The molecule has 5 rings (SSSR count). The summed E-state index contributed by atoms with van der Waals surface area (Å²) in [5, 5.41) is 6.45. The first-order chi connectivity index (χ1) is 16.4. The van der Waals surface area contributed by atoms with Crippen LogP contribution in [0.2, 0.25) is 0 Å². The number of anilines is 2. The Labute approximate surface area is 202 Å². The molecule has 34 heavy (non-hydrogen) atoms. The summed E-state index contributed by atoms with van der Waals surface area (Å²) in [5.41, 5.74) is 4.96. The van der Waals surface area contributed by atoms with Crippen molar-refractivity contribution in [1.82, 2.24) is 15.2 Å². The van der Waals surface area contributed by atoms with Gasteiger partial charge in [-0.05, 0) is 41.6 Å². The molecule has 8 nitrogen and oxygen atoms in total. The maximum Gasteiger partial charge on any atom is 0.269 e. The Morgan fingerprint density at radius 1 is 1.18 bits per heavy atom. The highest BCUT2D eigenvalue weighted by Crippen LogP contribution is 2.37. The monoisotopic (exact) mass is 484 g/mol. The molecule has 10 heteroatoms. The largest absolute Gasteiger partial charge is 0.368 e. The molecule has 0 saturated carbocycles. The van der Waals surface area contributed by atoms with Gasteiger partial charge >= 0.3 is 0 Å². The van der Waals surface area contributed by atoms with Crippen molar-refractivity contribution in [3.63, 3.8) is 0 Å². The van der Waals surface area contributed by atoms with Crippen molar-refractivity contribution >= 4 is 40.4 Å². The topological polar surface area (TPSA) is 71.5 Å². The number of halogens is 1. The van der Waals surface area contributed by atoms with E-state index >= 15 is 0 Å². The predicted octanol–water partition coefficient (Wildman–Crippen LogP) is 3.13. The van der Waals surface area contributed by atoms with E-state index < -0.39 is 0 Å². The lowest BCUT2D eigenvalue weighted by Gasteiger charge is -2.40. The van der Waals surface area contributed by atoms with Gasteiger partial charge in [-0.2, -0.15) is 5.10 Å². The van der Waals surface area contributed by atoms with Gasteiger partial charge in [0, 0.05) is 51.3 Å². The molecular weight excluding hydrogens is 455 g/mol. The summed E-state index contributed by atoms with van der Waals surface area (Å²) in [5.74, 6) is 0.989. The maximum atomic E-state index is 13.2. The van der Waals surface area contributed by atoms with Crippen LogP contribution < -0.4 is 15.2 Å². The summed E-state index contributed by atoms with van der Waals surface area (Å²) in [4.78, 5) is 34.7. The van der Waals surface area contributed by atoms with E-state index in [1.54, 1.807) is 12.1 Å². The molecule has 1 saturated heterocycles. The number of nitrogens with one attached hydrogen (secondary N) is 1. The third-order valence-corrected chi connectivity index (χ3v) is 7.33. The lowest BCUT2D eigenvalue weighted by atomic mass is 10.1. The average molecular weight is 485 g/mol. The van der Waals surface area contributed by atoms with E-state index in [-0.39, 0.29) is 23.9 Å². The Balaban J connectivity index is 1.20. The Kier molecular flexibility index (Phi) is 6.16. The fourth-order valence-corrected chi connectivity index (χ4v) is 5.59. The summed E-state index contributed by atoms with van der Waals surface area (Å²) >= 11 is 1.45. The SMILES string of the molecule is CC(C)CN1C(=O)c2sccc2N2C(CCC(=O)N3CCN(c4ccc(F)cc4)CC3)=NNC12. The van der Waals surface area contributed by atoms with Gasteiger partial charge in [0.2, 0.25) is 12.2 Å². The highest BCUT2D eigenvalue weighted by Gasteiger charge is 2.43. The second-order valence-corrected chi connectivity index (χ2v) is 10.1. The van der Waals surface area contributed by atoms with Crippen LogP contribution in [0.25, 0.3) is 0 Å². The molecule has 1 aromatic carbocycles. The third-order valence-electron chi connectivity index (χ3n) is 6.43. The standard InChI is InChI=1S/C24H29FN6O2S/c1-16(2)15-30-23(33)22-19(9-14-34-22)31-20(26-27-24(30)31)7-8-21(32)29-12-10-28(11-13-29)18-5-3-17(25)4-6-18/h3-6,9,14,16,24,27H,7-8,10-13,15H2,1-2H3. The highest BCUT2D eigenvalue weighted by atomic mass is 32.1. The zero-order chi connectivity index (χ0) is 23.8. The van der Waals surface area contributed by atoms with Crippen molar-refractivity contribution in [3.8, 4) is 0 Å². The quantitative estimate of drug-likeness (QED) is 0.682. The number of thiophene rings is 1. The molecule has 0 bridgehead atoms. The van der Waals surface area contributed by atoms with Crippen LogP contribution in [-0.4, -0.2) is 66.5 Å². The highest BCUT2D eigenvalue weighted by molar-refractivity contribution is 7.12. The first-order valence-corrected chi connectivity index (χ1v) is 12.6. The smallest absolute Gasteiger partial charge is 0.269 e. The van der Waals surface area contributed by atoms with Crippen LogP contribution >= 0.6 is 11.3 Å². The van der Waals surface area contributed by atoms with Gasteiger partial charge in [-0.15, -0.1) is 11.3 Å². The van der Waals surface area contributed by atoms with E-state index in [1.807, 2.05) is 21.2 Å². The number of amides is 2. The van der Waals surface area contributed by atoms with Gasteiger partial charge in [-0.1, -0.05) is 13.8 Å². The molecule has 0 radical (unpaired) electrons. The van der Waals surface area contributed by atoms with Gasteiger partial charge in [0.25, 0.3) is 5.91 Å². The van der Waals surface area contributed by atoms with Crippen LogP contribution in [0.3, 0.4) is 0 Å². The molecule has 1 fully saturated rings. The maximum absolute atomic E-state index is 13.2. The number of amidine groups is 1. The second-order valence-electron chi connectivity index (χ2n) is 9.23. The first-order valence-electron chi connectivity index (χ1n) is 11.7. The zero-order valence-corrected chi connectivity index (χ0v) is 20.2. The number of hydrogen-bond donors (Lipinski definition) is 1. The third kappa shape index (κ3) is 4.22. The lowest BCUT2D eigenvalue weighted by molar-refractivity contribution is -0.131. The minimum atomic E-state index is -0.346. The van der Waals surface area contributed by atoms with Gasteiger partial charge in [0.1, 0.15) is 16.5 Å². The molecule has 2 aromatic rings. The number of carbonyl (C=O) groups excluding carboxylic acids is 2. The summed E-state index contributed by atoms with van der Waals surface area (Å²) in [6, 6.07) is 8.44. The molecule has 2 amide bonds. The van der Waals surface area contributed by atoms with E-state index in [1.165, 1.54) is 23.5 Å². The van der Waals surface area contributed by atoms with Crippen molar-refractivity contribution in [2.45, 2.75) is 33.0 Å². The number of piperazine rings is 1.